The molecule has 0 N–H and O–H groups in total. The van der Waals surface area contributed by atoms with Gasteiger partial charge in [0.1, 0.15) is 0 Å². The van der Waals surface area contributed by atoms with Crippen LogP contribution in [0.25, 0.3) is 0 Å². The molecule has 26 heavy (non-hydrogen) atoms. The van der Waals surface area contributed by atoms with E-state index < -0.39 is 9.84 Å². The molecule has 2 aliphatic rings. The summed E-state index contributed by atoms with van der Waals surface area (Å²) in [4.78, 5) is 16.6. The number of sulfone groups is 1. The molecule has 0 unspecified atom stereocenters. The zero-order chi connectivity index (χ0) is 18.1. The minimum absolute atomic E-state index is 0.00290. The molecule has 5 nitrogen and oxygen atoms in total. The van der Waals surface area contributed by atoms with E-state index in [0.717, 1.165) is 11.1 Å². The van der Waals surface area contributed by atoms with Gasteiger partial charge in [0.05, 0.1) is 24.1 Å². The third kappa shape index (κ3) is 3.52. The minimum atomic E-state index is -3.14. The van der Waals surface area contributed by atoms with E-state index in [1.807, 2.05) is 65.6 Å². The van der Waals surface area contributed by atoms with Crippen LogP contribution in [0.2, 0.25) is 0 Å². The lowest BCUT2D eigenvalue weighted by molar-refractivity contribution is -0.142. The Balaban J connectivity index is 1.60. The molecule has 4 rings (SSSR count). The fraction of sp³-hybridized carbons (Fsp3) is 0.350. The van der Waals surface area contributed by atoms with Gasteiger partial charge in [-0.15, -0.1) is 0 Å². The van der Waals surface area contributed by atoms with E-state index in [0.29, 0.717) is 13.1 Å². The van der Waals surface area contributed by atoms with Gasteiger partial charge in [0.15, 0.2) is 9.84 Å². The monoisotopic (exact) mass is 370 g/mol. The van der Waals surface area contributed by atoms with Crippen LogP contribution in [-0.2, 0) is 27.7 Å². The van der Waals surface area contributed by atoms with E-state index in [-0.39, 0.29) is 36.0 Å². The molecule has 0 saturated carbocycles. The van der Waals surface area contributed by atoms with Gasteiger partial charge in [-0.05, 0) is 11.1 Å². The van der Waals surface area contributed by atoms with Gasteiger partial charge in [-0.2, -0.15) is 0 Å². The first kappa shape index (κ1) is 17.2. The Morgan fingerprint density at radius 3 is 1.96 bits per heavy atom. The van der Waals surface area contributed by atoms with Crippen LogP contribution in [0.15, 0.2) is 60.7 Å². The number of rotatable bonds is 4. The molecule has 2 heterocycles. The lowest BCUT2D eigenvalue weighted by Crippen LogP contribution is -2.60. The molecular formula is C20H22N2O3S. The third-order valence-corrected chi connectivity index (χ3v) is 6.94. The van der Waals surface area contributed by atoms with Gasteiger partial charge in [-0.1, -0.05) is 60.7 Å². The summed E-state index contributed by atoms with van der Waals surface area (Å²) in [6, 6.07) is 19.3. The molecule has 2 fully saturated rings. The highest BCUT2D eigenvalue weighted by Crippen LogP contribution is 2.30. The van der Waals surface area contributed by atoms with E-state index in [1.165, 1.54) is 0 Å². The molecule has 2 saturated heterocycles. The molecule has 2 aromatic carbocycles. The van der Waals surface area contributed by atoms with Crippen LogP contribution < -0.4 is 0 Å². The molecular weight excluding hydrogens is 348 g/mol. The summed E-state index contributed by atoms with van der Waals surface area (Å²) in [6.45, 7) is 1.33. The number of benzene rings is 2. The summed E-state index contributed by atoms with van der Waals surface area (Å²) in [5.41, 5.74) is 2.13. The Labute approximate surface area is 154 Å². The smallest absolute Gasteiger partial charge is 0.237 e. The van der Waals surface area contributed by atoms with E-state index in [4.69, 9.17) is 0 Å². The normalized spacial score (nSPS) is 25.2. The highest BCUT2D eigenvalue weighted by Gasteiger charge is 2.49. The van der Waals surface area contributed by atoms with Crippen molar-refractivity contribution in [2.24, 2.45) is 0 Å². The molecule has 0 bridgehead atoms. The van der Waals surface area contributed by atoms with Crippen molar-refractivity contribution >= 4 is 15.7 Å². The molecule has 136 valence electrons. The van der Waals surface area contributed by atoms with Gasteiger partial charge in [0.2, 0.25) is 5.91 Å². The largest absolute Gasteiger partial charge is 0.332 e. The molecule has 0 aromatic heterocycles. The van der Waals surface area contributed by atoms with Crippen molar-refractivity contribution in [3.8, 4) is 0 Å². The number of piperazine rings is 1. The number of carbonyl (C=O) groups excluding carboxylic acids is 1. The lowest BCUT2D eigenvalue weighted by atomic mass is 10.0. The number of carbonyl (C=O) groups is 1. The quantitative estimate of drug-likeness (QED) is 0.822. The summed E-state index contributed by atoms with van der Waals surface area (Å²) in [7, 11) is -3.14. The third-order valence-electron chi connectivity index (χ3n) is 5.25. The van der Waals surface area contributed by atoms with E-state index in [1.54, 1.807) is 4.90 Å². The molecule has 0 aliphatic carbocycles. The van der Waals surface area contributed by atoms with Crippen LogP contribution in [0, 0.1) is 0 Å². The van der Waals surface area contributed by atoms with Gasteiger partial charge in [-0.3, -0.25) is 9.69 Å². The zero-order valence-electron chi connectivity index (χ0n) is 14.5. The van der Waals surface area contributed by atoms with Crippen molar-refractivity contribution in [2.75, 3.05) is 18.1 Å². The van der Waals surface area contributed by atoms with Crippen molar-refractivity contribution in [1.29, 1.82) is 0 Å². The number of nitrogens with zero attached hydrogens (tertiary/aromatic N) is 2. The number of amides is 1. The number of hydrogen-bond donors (Lipinski definition) is 0. The molecule has 6 heteroatoms. The number of fused-ring (bicyclic) bond motifs is 1. The molecule has 2 aliphatic heterocycles. The molecule has 0 radical (unpaired) electrons. The van der Waals surface area contributed by atoms with Crippen molar-refractivity contribution < 1.29 is 13.2 Å². The van der Waals surface area contributed by atoms with Crippen LogP contribution in [0.1, 0.15) is 11.1 Å². The first-order valence-electron chi connectivity index (χ1n) is 8.84. The average molecular weight is 370 g/mol. The fourth-order valence-electron chi connectivity index (χ4n) is 4.00. The number of hydrogen-bond acceptors (Lipinski definition) is 4. The van der Waals surface area contributed by atoms with Gasteiger partial charge < -0.3 is 4.90 Å². The molecule has 2 atom stereocenters. The van der Waals surface area contributed by atoms with Gasteiger partial charge in [0, 0.05) is 19.1 Å². The van der Waals surface area contributed by atoms with Crippen molar-refractivity contribution in [2.45, 2.75) is 25.2 Å². The van der Waals surface area contributed by atoms with Gasteiger partial charge in [-0.25, -0.2) is 8.42 Å². The maximum Gasteiger partial charge on any atom is 0.237 e. The van der Waals surface area contributed by atoms with E-state index in [2.05, 4.69) is 0 Å². The average Bonchev–Trinajstić information content (AvgIpc) is 2.96. The topological polar surface area (TPSA) is 57.7 Å². The van der Waals surface area contributed by atoms with Crippen LogP contribution in [0.3, 0.4) is 0 Å². The van der Waals surface area contributed by atoms with Crippen LogP contribution in [0.4, 0.5) is 0 Å². The van der Waals surface area contributed by atoms with Crippen molar-refractivity contribution in [3.05, 3.63) is 71.8 Å². The lowest BCUT2D eigenvalue weighted by Gasteiger charge is -2.43. The summed E-state index contributed by atoms with van der Waals surface area (Å²) >= 11 is 0. The Hall–Kier alpha value is -2.18. The van der Waals surface area contributed by atoms with E-state index >= 15 is 0 Å². The summed E-state index contributed by atoms with van der Waals surface area (Å²) in [6.07, 6.45) is 0. The van der Waals surface area contributed by atoms with Crippen LogP contribution in [-0.4, -0.2) is 54.3 Å². The molecule has 1 amide bonds. The van der Waals surface area contributed by atoms with Crippen molar-refractivity contribution in [1.82, 2.24) is 9.80 Å². The summed E-state index contributed by atoms with van der Waals surface area (Å²) in [5.74, 6) is 0.188. The van der Waals surface area contributed by atoms with Crippen molar-refractivity contribution in [3.63, 3.8) is 0 Å². The summed E-state index contributed by atoms with van der Waals surface area (Å²) in [5, 5.41) is 0. The van der Waals surface area contributed by atoms with Crippen LogP contribution >= 0.6 is 0 Å². The molecule has 0 spiro atoms. The summed E-state index contributed by atoms with van der Waals surface area (Å²) < 4.78 is 24.7. The van der Waals surface area contributed by atoms with Crippen LogP contribution in [0.5, 0.6) is 0 Å². The SMILES string of the molecule is O=C1CN(Cc2ccccc2)[C@@H]2CS(=O)(=O)C[C@H]2N1Cc1ccccc1. The standard InChI is InChI=1S/C20H22N2O3S/c23-20-13-21(11-16-7-3-1-4-8-16)18-14-26(24,25)15-19(18)22(20)12-17-9-5-2-6-10-17/h1-10,18-19H,11-15H2/t18-,19-/m1/s1. The first-order chi connectivity index (χ1) is 12.5. The zero-order valence-corrected chi connectivity index (χ0v) is 15.3. The Morgan fingerprint density at radius 2 is 1.35 bits per heavy atom. The first-order valence-corrected chi connectivity index (χ1v) is 10.7. The highest BCUT2D eigenvalue weighted by atomic mass is 32.2. The molecule has 2 aromatic rings. The second-order valence-electron chi connectivity index (χ2n) is 7.11. The second kappa shape index (κ2) is 6.85. The predicted octanol–water partition coefficient (Wildman–Crippen LogP) is 1.70. The Morgan fingerprint density at radius 1 is 0.808 bits per heavy atom. The Kier molecular flexibility index (Phi) is 4.54. The van der Waals surface area contributed by atoms with Gasteiger partial charge in [0.25, 0.3) is 0 Å². The predicted molar refractivity (Wildman–Crippen MR) is 100 cm³/mol. The Bertz CT molecular complexity index is 884. The highest BCUT2D eigenvalue weighted by molar-refractivity contribution is 7.91. The second-order valence-corrected chi connectivity index (χ2v) is 9.26. The maximum atomic E-state index is 12.8. The minimum Gasteiger partial charge on any atom is -0.332 e. The van der Waals surface area contributed by atoms with Gasteiger partial charge >= 0.3 is 0 Å². The maximum absolute atomic E-state index is 12.8. The van der Waals surface area contributed by atoms with E-state index in [9.17, 15) is 13.2 Å². The fourth-order valence-corrected chi connectivity index (χ4v) is 6.01.